The topological polar surface area (TPSA) is 109 Å². The van der Waals surface area contributed by atoms with Crippen LogP contribution in [0.25, 0.3) is 89.7 Å². The number of unbranched alkanes of at least 4 members (excludes halogenated alkanes) is 72. The highest BCUT2D eigenvalue weighted by molar-refractivity contribution is 6.07. The Morgan fingerprint density at radius 3 is 0.392 bits per heavy atom. The lowest BCUT2D eigenvalue weighted by Gasteiger charge is -2.29. The van der Waals surface area contributed by atoms with E-state index in [1.54, 1.807) is 0 Å². The maximum absolute atomic E-state index is 6.12. The van der Waals surface area contributed by atoms with Gasteiger partial charge in [-0.05, 0) is 217 Å². The van der Waals surface area contributed by atoms with Gasteiger partial charge in [0.05, 0.1) is 0 Å². The number of benzene rings is 4. The van der Waals surface area contributed by atoms with E-state index in [9.17, 15) is 0 Å². The molecule has 13 rings (SSSR count). The van der Waals surface area contributed by atoms with Crippen LogP contribution in [0.15, 0.2) is 48.5 Å². The molecule has 4 aromatic carbocycles. The van der Waals surface area contributed by atoms with Gasteiger partial charge in [0.25, 0.3) is 0 Å². The molecular formula is C140H226N8. The van der Waals surface area contributed by atoms with Gasteiger partial charge in [-0.3, -0.25) is 0 Å². The van der Waals surface area contributed by atoms with Crippen LogP contribution in [0.2, 0.25) is 0 Å². The molecule has 2 N–H and O–H groups in total. The van der Waals surface area contributed by atoms with Crippen LogP contribution in [-0.2, 0) is 51.4 Å². The van der Waals surface area contributed by atoms with Gasteiger partial charge in [0.1, 0.15) is 22.6 Å². The molecule has 8 nitrogen and oxygen atoms in total. The third kappa shape index (κ3) is 38.4. The summed E-state index contributed by atoms with van der Waals surface area (Å²) in [6.07, 6.45) is 130. The molecule has 826 valence electrons. The normalized spacial score (nSPS) is 15.0. The number of H-pyrrole nitrogens is 2. The molecule has 3 aromatic heterocycles. The van der Waals surface area contributed by atoms with Crippen LogP contribution in [0.4, 0.5) is 0 Å². The summed E-state index contributed by atoms with van der Waals surface area (Å²) in [5.41, 5.74) is 21.4. The minimum absolute atomic E-state index is 0.252. The number of fused-ring (bicyclic) bond motifs is 24. The van der Waals surface area contributed by atoms with E-state index in [0.29, 0.717) is 0 Å². The predicted octanol–water partition coefficient (Wildman–Crippen LogP) is 45.7. The second kappa shape index (κ2) is 67.9. The molecule has 0 fully saturated rings. The lowest BCUT2D eigenvalue weighted by atomic mass is 9.75. The lowest BCUT2D eigenvalue weighted by molar-refractivity contribution is 0.235. The van der Waals surface area contributed by atoms with Gasteiger partial charge < -0.3 is 9.97 Å². The number of hydrogen-bond acceptors (Lipinski definition) is 6. The van der Waals surface area contributed by atoms with Crippen molar-refractivity contribution in [3.63, 3.8) is 0 Å². The SMILES string of the molecule is CCCCCCCCCCCCC1(CCCCCCCCCCCC)Cc2cc3c(cc2C1)-c1nc-3nc2[nH]c(nc3nc(nc4[nH]c(n1)c1cc5c(cc41)CC(CCCCCCCCCCCC)(CCCCCCCCCCCC)C5)-c1cc4c(cc1-3)CC(CCCCCCCCCCCC)(CCCCCCCCCCCC)C4)c1cc3c(cc21)CC(CCCCCCCCCCCC)(CCCCCCCCCCCC)C3. The molecule has 148 heavy (non-hydrogen) atoms. The summed E-state index contributed by atoms with van der Waals surface area (Å²) in [5, 5.41) is 4.70. The highest BCUT2D eigenvalue weighted by Gasteiger charge is 2.43. The summed E-state index contributed by atoms with van der Waals surface area (Å²) in [7, 11) is 0. The monoisotopic (exact) mass is 2020 g/mol. The van der Waals surface area contributed by atoms with Crippen LogP contribution < -0.4 is 0 Å². The summed E-state index contributed by atoms with van der Waals surface area (Å²) in [6, 6.07) is 21.0. The van der Waals surface area contributed by atoms with Crippen LogP contribution in [0.1, 0.15) is 665 Å². The molecule has 2 aliphatic heterocycles. The van der Waals surface area contributed by atoms with E-state index in [1.165, 1.54) is 631 Å². The molecule has 0 saturated heterocycles. The molecule has 7 aromatic rings. The fourth-order valence-electron chi connectivity index (χ4n) is 28.9. The number of hydrogen-bond donors (Lipinski definition) is 2. The minimum atomic E-state index is 0.252. The van der Waals surface area contributed by atoms with Gasteiger partial charge in [-0.2, -0.15) is 0 Å². The molecule has 6 aliphatic rings. The van der Waals surface area contributed by atoms with Crippen LogP contribution in [0, 0.1) is 21.7 Å². The van der Waals surface area contributed by atoms with Crippen LogP contribution in [0.3, 0.4) is 0 Å². The summed E-state index contributed by atoms with van der Waals surface area (Å²) in [6.45, 7) is 18.8. The first kappa shape index (κ1) is 119. The van der Waals surface area contributed by atoms with E-state index in [0.717, 1.165) is 120 Å². The molecular weight excluding hydrogens is 1790 g/mol. The Morgan fingerprint density at radius 2 is 0.264 bits per heavy atom. The molecule has 0 unspecified atom stereocenters. The molecule has 4 aliphatic carbocycles. The van der Waals surface area contributed by atoms with Crippen molar-refractivity contribution in [3.8, 4) is 45.6 Å². The molecule has 8 heteroatoms. The number of nitrogens with one attached hydrogen (secondary N) is 2. The van der Waals surface area contributed by atoms with Crippen molar-refractivity contribution in [2.45, 2.75) is 672 Å². The van der Waals surface area contributed by atoms with Gasteiger partial charge >= 0.3 is 0 Å². The first-order valence-corrected chi connectivity index (χ1v) is 66.4. The number of aromatic nitrogens is 8. The Labute approximate surface area is 909 Å². The van der Waals surface area contributed by atoms with E-state index in [1.807, 2.05) is 0 Å². The maximum atomic E-state index is 6.12. The van der Waals surface area contributed by atoms with E-state index in [2.05, 4.69) is 114 Å². The van der Waals surface area contributed by atoms with E-state index in [-0.39, 0.29) is 21.7 Å². The van der Waals surface area contributed by atoms with Crippen LogP contribution in [-0.4, -0.2) is 39.9 Å². The fourth-order valence-corrected chi connectivity index (χ4v) is 28.9. The van der Waals surface area contributed by atoms with E-state index in [4.69, 9.17) is 29.9 Å². The standard InChI is InChI=1S/C140H226N8/c1-9-17-25-33-41-49-57-65-73-81-89-137(90-82-74-66-58-50-42-34-26-18-10-2)105-113-97-121-122(98-114(113)106-137)130-141-129(121)145-131-123-99-115-107-138(91-83-75-67-59-51-43-35-27-19-11-3,92-84-76-68-60-52-44-36-28-20-12-4)109-117(115)101-125(123)133(142-131)147-135-127-103-119-111-140(95-87-79-71-63-55-47-39-31-23-15-7,96-88-80-72-64-56-48-40-32-24-16-8)112-120(119)104-128(127)136(144-135)148-134-126-102-118-110-139(108-116(118)100-124(126)132(143-134)146-130,93-85-77-69-61-53-45-37-29-21-13-5)94-86-78-70-62-54-46-38-30-22-14-6/h97-104H,9-96,105-112H2,1-8H3,(H2,141,142,143,144,145,146,147,148). The van der Waals surface area contributed by atoms with Crippen molar-refractivity contribution >= 4 is 44.1 Å². The van der Waals surface area contributed by atoms with Crippen LogP contribution in [0.5, 0.6) is 0 Å². The Bertz CT molecular complexity index is 4420. The molecule has 0 radical (unpaired) electrons. The second-order valence-electron chi connectivity index (χ2n) is 51.1. The zero-order chi connectivity index (χ0) is 103. The van der Waals surface area contributed by atoms with E-state index >= 15 is 0 Å². The number of aromatic amines is 2. The van der Waals surface area contributed by atoms with Crippen molar-refractivity contribution < 1.29 is 0 Å². The highest BCUT2D eigenvalue weighted by Crippen LogP contribution is 2.54. The molecule has 0 atom stereocenters. The summed E-state index contributed by atoms with van der Waals surface area (Å²) < 4.78 is 0. The van der Waals surface area contributed by atoms with Crippen molar-refractivity contribution in [1.82, 2.24) is 39.9 Å². The summed E-state index contributed by atoms with van der Waals surface area (Å²) in [4.78, 5) is 44.7. The first-order chi connectivity index (χ1) is 73.0. The summed E-state index contributed by atoms with van der Waals surface area (Å²) in [5.74, 6) is 3.15. The van der Waals surface area contributed by atoms with Gasteiger partial charge in [0.2, 0.25) is 0 Å². The average Bonchev–Trinajstić information content (AvgIpc) is 1.58. The smallest absolute Gasteiger partial charge is 0.164 e. The van der Waals surface area contributed by atoms with Crippen molar-refractivity contribution in [2.75, 3.05) is 0 Å². The van der Waals surface area contributed by atoms with E-state index < -0.39 is 0 Å². The Hall–Kier alpha value is -5.76. The largest absolute Gasteiger partial charge is 0.324 e. The third-order valence-corrected chi connectivity index (χ3v) is 38.1. The maximum Gasteiger partial charge on any atom is 0.164 e. The molecule has 0 amide bonds. The van der Waals surface area contributed by atoms with Gasteiger partial charge in [0, 0.05) is 43.8 Å². The van der Waals surface area contributed by atoms with Crippen LogP contribution >= 0.6 is 0 Å². The molecule has 0 spiro atoms. The number of rotatable bonds is 88. The number of nitrogens with zero attached hydrogens (tertiary/aromatic N) is 6. The zero-order valence-electron chi connectivity index (χ0n) is 98.2. The fraction of sp³-hybridized carbons (Fsp3) is 0.771. The first-order valence-electron chi connectivity index (χ1n) is 66.4. The quantitative estimate of drug-likeness (QED) is 0.0368. The second-order valence-corrected chi connectivity index (χ2v) is 51.1. The molecule has 5 heterocycles. The highest BCUT2D eigenvalue weighted by atomic mass is 15.1. The van der Waals surface area contributed by atoms with Crippen molar-refractivity contribution in [3.05, 3.63) is 93.0 Å². The Kier molecular flexibility index (Phi) is 54.7. The zero-order valence-corrected chi connectivity index (χ0v) is 98.2. The van der Waals surface area contributed by atoms with Gasteiger partial charge in [0.15, 0.2) is 23.3 Å². The lowest BCUT2D eigenvalue weighted by Crippen LogP contribution is -2.21. The van der Waals surface area contributed by atoms with Gasteiger partial charge in [-0.25, -0.2) is 29.9 Å². The molecule has 8 bridgehead atoms. The minimum Gasteiger partial charge on any atom is -0.324 e. The third-order valence-electron chi connectivity index (χ3n) is 38.1. The summed E-state index contributed by atoms with van der Waals surface area (Å²) >= 11 is 0. The van der Waals surface area contributed by atoms with Crippen molar-refractivity contribution in [1.29, 1.82) is 0 Å². The predicted molar refractivity (Wildman–Crippen MR) is 647 cm³/mol. The Balaban J connectivity index is 0.932. The van der Waals surface area contributed by atoms with Gasteiger partial charge in [-0.1, -0.05) is 569 Å². The van der Waals surface area contributed by atoms with Crippen molar-refractivity contribution in [2.24, 2.45) is 21.7 Å². The molecule has 0 saturated carbocycles. The Morgan fingerprint density at radius 1 is 0.149 bits per heavy atom. The van der Waals surface area contributed by atoms with Gasteiger partial charge in [-0.15, -0.1) is 0 Å². The average molecular weight is 2020 g/mol.